The van der Waals surface area contributed by atoms with Crippen molar-refractivity contribution in [3.63, 3.8) is 0 Å². The fourth-order valence-corrected chi connectivity index (χ4v) is 4.37. The number of rotatable bonds is 4. The van der Waals surface area contributed by atoms with E-state index in [9.17, 15) is 9.59 Å². The molecule has 0 aromatic heterocycles. The van der Waals surface area contributed by atoms with Crippen LogP contribution in [0.4, 0.5) is 11.4 Å². The van der Waals surface area contributed by atoms with Crippen molar-refractivity contribution in [3.05, 3.63) is 59.7 Å². The number of carbonyl (C=O) groups excluding carboxylic acids is 2. The molecule has 6 nitrogen and oxygen atoms in total. The van der Waals surface area contributed by atoms with Gasteiger partial charge in [0, 0.05) is 45.2 Å². The van der Waals surface area contributed by atoms with Crippen molar-refractivity contribution in [2.45, 2.75) is 32.9 Å². The normalized spacial score (nSPS) is 20.4. The van der Waals surface area contributed by atoms with Crippen molar-refractivity contribution in [2.75, 3.05) is 42.9 Å². The molecule has 0 radical (unpaired) electrons. The summed E-state index contributed by atoms with van der Waals surface area (Å²) in [5.74, 6) is 0.00822. The molecule has 2 aliphatic heterocycles. The molecule has 2 amide bonds. The molecule has 4 rings (SSSR count). The molecule has 1 fully saturated rings. The maximum absolute atomic E-state index is 13.2. The lowest BCUT2D eigenvalue weighted by Gasteiger charge is -2.36. The molecule has 2 aromatic rings. The van der Waals surface area contributed by atoms with Gasteiger partial charge in [-0.15, -0.1) is 0 Å². The average molecular weight is 407 g/mol. The van der Waals surface area contributed by atoms with Gasteiger partial charge in [0.05, 0.1) is 17.9 Å². The van der Waals surface area contributed by atoms with Gasteiger partial charge in [0.1, 0.15) is 0 Å². The minimum Gasteiger partial charge on any atom is -0.324 e. The molecule has 158 valence electrons. The highest BCUT2D eigenvalue weighted by Crippen LogP contribution is 2.31. The van der Waals surface area contributed by atoms with E-state index in [1.807, 2.05) is 31.2 Å². The molecule has 0 saturated carbocycles. The van der Waals surface area contributed by atoms with E-state index in [-0.39, 0.29) is 17.9 Å². The Bertz CT molecular complexity index is 921. The molecule has 2 aromatic carbocycles. The number of benzene rings is 2. The summed E-state index contributed by atoms with van der Waals surface area (Å²) in [6, 6.07) is 15.9. The summed E-state index contributed by atoms with van der Waals surface area (Å²) >= 11 is 0. The lowest BCUT2D eigenvalue weighted by atomic mass is 10.1. The van der Waals surface area contributed by atoms with Crippen molar-refractivity contribution < 1.29 is 9.59 Å². The van der Waals surface area contributed by atoms with Gasteiger partial charge >= 0.3 is 0 Å². The minimum atomic E-state index is -0.163. The molecule has 1 saturated heterocycles. The first-order valence-electron chi connectivity index (χ1n) is 10.7. The van der Waals surface area contributed by atoms with Crippen LogP contribution in [-0.2, 0) is 16.1 Å². The Morgan fingerprint density at radius 1 is 1.00 bits per heavy atom. The van der Waals surface area contributed by atoms with E-state index in [4.69, 9.17) is 0 Å². The zero-order valence-electron chi connectivity index (χ0n) is 17.8. The number of anilines is 2. The molecule has 6 heteroatoms. The average Bonchev–Trinajstić information content (AvgIpc) is 2.85. The smallest absolute Gasteiger partial charge is 0.241 e. The summed E-state index contributed by atoms with van der Waals surface area (Å²) in [6.07, 6.45) is 0.310. The van der Waals surface area contributed by atoms with Gasteiger partial charge in [0.15, 0.2) is 0 Å². The van der Waals surface area contributed by atoms with Crippen LogP contribution in [0.25, 0.3) is 0 Å². The Morgan fingerprint density at radius 2 is 1.67 bits per heavy atom. The second-order valence-electron chi connectivity index (χ2n) is 8.36. The molecule has 1 N–H and O–H groups in total. The van der Waals surface area contributed by atoms with Crippen LogP contribution in [0.1, 0.15) is 24.5 Å². The predicted octanol–water partition coefficient (Wildman–Crippen LogP) is 2.88. The van der Waals surface area contributed by atoms with Gasteiger partial charge in [0.25, 0.3) is 0 Å². The number of hydrogen-bond acceptors (Lipinski definition) is 4. The summed E-state index contributed by atoms with van der Waals surface area (Å²) in [5, 5.41) is 2.92. The van der Waals surface area contributed by atoms with Gasteiger partial charge in [0.2, 0.25) is 11.8 Å². The molecule has 0 bridgehead atoms. The second-order valence-corrected chi connectivity index (χ2v) is 8.36. The molecule has 0 aliphatic carbocycles. The number of amides is 2. The number of fused-ring (bicyclic) bond motifs is 1. The SMILES string of the molecule is Cc1ccccc1CN1CCN(CC(=O)N2c3ccccc3NC(=O)C[C@@H]2C)CC1. The van der Waals surface area contributed by atoms with E-state index < -0.39 is 0 Å². The van der Waals surface area contributed by atoms with Crippen molar-refractivity contribution in [3.8, 4) is 0 Å². The number of piperazine rings is 1. The van der Waals surface area contributed by atoms with E-state index in [0.29, 0.717) is 18.7 Å². The molecular weight excluding hydrogens is 376 g/mol. The number of hydrogen-bond donors (Lipinski definition) is 1. The third-order valence-electron chi connectivity index (χ3n) is 6.11. The number of nitrogens with one attached hydrogen (secondary N) is 1. The van der Waals surface area contributed by atoms with Gasteiger partial charge in [-0.3, -0.25) is 19.4 Å². The molecule has 0 spiro atoms. The fraction of sp³-hybridized carbons (Fsp3) is 0.417. The van der Waals surface area contributed by atoms with E-state index >= 15 is 0 Å². The Morgan fingerprint density at radius 3 is 2.43 bits per heavy atom. The fourth-order valence-electron chi connectivity index (χ4n) is 4.37. The highest BCUT2D eigenvalue weighted by Gasteiger charge is 2.31. The van der Waals surface area contributed by atoms with Crippen LogP contribution in [0, 0.1) is 6.92 Å². The van der Waals surface area contributed by atoms with Crippen molar-refractivity contribution in [1.82, 2.24) is 9.80 Å². The van der Waals surface area contributed by atoms with Crippen LogP contribution in [0.5, 0.6) is 0 Å². The molecule has 1 atom stereocenters. The first kappa shape index (κ1) is 20.6. The standard InChI is InChI=1S/C24H30N4O2/c1-18-7-3-4-8-20(18)16-26-11-13-27(14-12-26)17-24(30)28-19(2)15-23(29)25-21-9-5-6-10-22(21)28/h3-10,19H,11-17H2,1-2H3,(H,25,29)/t19-/m0/s1. The van der Waals surface area contributed by atoms with Crippen LogP contribution < -0.4 is 10.2 Å². The molecule has 30 heavy (non-hydrogen) atoms. The number of aryl methyl sites for hydroxylation is 1. The zero-order chi connectivity index (χ0) is 21.1. The van der Waals surface area contributed by atoms with Gasteiger partial charge in [-0.05, 0) is 37.1 Å². The largest absolute Gasteiger partial charge is 0.324 e. The summed E-state index contributed by atoms with van der Waals surface area (Å²) in [5.41, 5.74) is 4.20. The van der Waals surface area contributed by atoms with Gasteiger partial charge < -0.3 is 10.2 Å². The first-order valence-corrected chi connectivity index (χ1v) is 10.7. The van der Waals surface area contributed by atoms with Crippen LogP contribution in [0.2, 0.25) is 0 Å². The summed E-state index contributed by atoms with van der Waals surface area (Å²) in [7, 11) is 0. The van der Waals surface area contributed by atoms with Crippen molar-refractivity contribution in [2.24, 2.45) is 0 Å². The number of para-hydroxylation sites is 2. The quantitative estimate of drug-likeness (QED) is 0.848. The Balaban J connectivity index is 1.38. The van der Waals surface area contributed by atoms with Crippen LogP contribution in [-0.4, -0.2) is 60.4 Å². The lowest BCUT2D eigenvalue weighted by molar-refractivity contribution is -0.120. The topological polar surface area (TPSA) is 55.9 Å². The Hall–Kier alpha value is -2.70. The van der Waals surface area contributed by atoms with Gasteiger partial charge in [-0.2, -0.15) is 0 Å². The van der Waals surface area contributed by atoms with Gasteiger partial charge in [-0.1, -0.05) is 36.4 Å². The summed E-state index contributed by atoms with van der Waals surface area (Å²) in [6.45, 7) is 9.09. The molecule has 2 heterocycles. The number of carbonyl (C=O) groups is 2. The maximum Gasteiger partial charge on any atom is 0.241 e. The van der Waals surface area contributed by atoms with E-state index in [1.165, 1.54) is 11.1 Å². The highest BCUT2D eigenvalue weighted by molar-refractivity contribution is 6.04. The van der Waals surface area contributed by atoms with Gasteiger partial charge in [-0.25, -0.2) is 0 Å². The third-order valence-corrected chi connectivity index (χ3v) is 6.11. The van der Waals surface area contributed by atoms with Crippen LogP contribution in [0.3, 0.4) is 0 Å². The minimum absolute atomic E-state index is 0.0462. The Kier molecular flexibility index (Phi) is 6.16. The first-order chi connectivity index (χ1) is 14.5. The highest BCUT2D eigenvalue weighted by atomic mass is 16.2. The molecular formula is C24H30N4O2. The molecule has 2 aliphatic rings. The Labute approximate surface area is 178 Å². The van der Waals surface area contributed by atoms with E-state index in [2.05, 4.69) is 46.3 Å². The monoisotopic (exact) mass is 406 g/mol. The maximum atomic E-state index is 13.2. The summed E-state index contributed by atoms with van der Waals surface area (Å²) < 4.78 is 0. The number of nitrogens with zero attached hydrogens (tertiary/aromatic N) is 3. The van der Waals surface area contributed by atoms with Crippen molar-refractivity contribution in [1.29, 1.82) is 0 Å². The molecule has 0 unspecified atom stereocenters. The lowest BCUT2D eigenvalue weighted by Crippen LogP contribution is -2.51. The van der Waals surface area contributed by atoms with E-state index in [1.54, 1.807) is 4.90 Å². The van der Waals surface area contributed by atoms with Crippen LogP contribution >= 0.6 is 0 Å². The predicted molar refractivity (Wildman–Crippen MR) is 120 cm³/mol. The van der Waals surface area contributed by atoms with Crippen molar-refractivity contribution >= 4 is 23.2 Å². The summed E-state index contributed by atoms with van der Waals surface area (Å²) in [4.78, 5) is 31.9. The van der Waals surface area contributed by atoms with E-state index in [0.717, 1.165) is 38.4 Å². The third kappa shape index (κ3) is 4.55. The second kappa shape index (κ2) is 8.98. The van der Waals surface area contributed by atoms with Crippen LogP contribution in [0.15, 0.2) is 48.5 Å². The zero-order valence-corrected chi connectivity index (χ0v) is 17.8.